The molecule has 1 amide bonds. The van der Waals surface area contributed by atoms with Gasteiger partial charge in [0.2, 0.25) is 5.91 Å². The molecule has 1 aromatic carbocycles. The third-order valence-corrected chi connectivity index (χ3v) is 6.32. The Balaban J connectivity index is 1.39. The number of amides is 1. The molecule has 0 bridgehead atoms. The van der Waals surface area contributed by atoms with E-state index in [-0.39, 0.29) is 17.4 Å². The highest BCUT2D eigenvalue weighted by molar-refractivity contribution is 5.83. The van der Waals surface area contributed by atoms with E-state index >= 15 is 0 Å². The SMILES string of the molecule is O=C(C1CC12CCOCC2)N1CCCC1CC(O)c1ccccc1. The second-order valence-electron chi connectivity index (χ2n) is 7.72. The zero-order chi connectivity index (χ0) is 16.6. The lowest BCUT2D eigenvalue weighted by Gasteiger charge is -2.29. The van der Waals surface area contributed by atoms with Crippen molar-refractivity contribution in [3.05, 3.63) is 35.9 Å². The Hall–Kier alpha value is -1.39. The first-order valence-electron chi connectivity index (χ1n) is 9.31. The molecule has 2 aliphatic heterocycles. The van der Waals surface area contributed by atoms with Crippen LogP contribution in [-0.4, -0.2) is 41.7 Å². The van der Waals surface area contributed by atoms with Gasteiger partial charge in [-0.2, -0.15) is 0 Å². The number of hydrogen-bond donors (Lipinski definition) is 1. The summed E-state index contributed by atoms with van der Waals surface area (Å²) in [5, 5.41) is 10.5. The number of carbonyl (C=O) groups excluding carboxylic acids is 1. The molecule has 4 rings (SSSR count). The monoisotopic (exact) mass is 329 g/mol. The molecule has 1 saturated carbocycles. The maximum atomic E-state index is 13.0. The van der Waals surface area contributed by atoms with Gasteiger partial charge in [-0.1, -0.05) is 30.3 Å². The van der Waals surface area contributed by atoms with Crippen molar-refractivity contribution in [2.24, 2.45) is 11.3 Å². The topological polar surface area (TPSA) is 49.8 Å². The van der Waals surface area contributed by atoms with Crippen LogP contribution in [0.1, 0.15) is 50.2 Å². The second kappa shape index (κ2) is 6.49. The number of aliphatic hydroxyl groups excluding tert-OH is 1. The standard InChI is InChI=1S/C20H27NO3/c22-18(15-5-2-1-3-6-15)13-16-7-4-10-21(16)19(23)17-14-20(17)8-11-24-12-9-20/h1-3,5-6,16-18,22H,4,7-14H2. The molecule has 3 atom stereocenters. The average Bonchev–Trinajstić information content (AvgIpc) is 3.10. The van der Waals surface area contributed by atoms with E-state index in [9.17, 15) is 9.90 Å². The first kappa shape index (κ1) is 16.1. The predicted octanol–water partition coefficient (Wildman–Crippen LogP) is 2.92. The van der Waals surface area contributed by atoms with Crippen LogP contribution in [0.4, 0.5) is 0 Å². The third kappa shape index (κ3) is 2.98. The van der Waals surface area contributed by atoms with Crippen LogP contribution in [-0.2, 0) is 9.53 Å². The summed E-state index contributed by atoms with van der Waals surface area (Å²) in [4.78, 5) is 15.1. The second-order valence-corrected chi connectivity index (χ2v) is 7.72. The number of likely N-dealkylation sites (tertiary alicyclic amines) is 1. The minimum atomic E-state index is -0.485. The van der Waals surface area contributed by atoms with E-state index in [2.05, 4.69) is 4.90 Å². The van der Waals surface area contributed by atoms with Crippen molar-refractivity contribution >= 4 is 5.91 Å². The van der Waals surface area contributed by atoms with Gasteiger partial charge in [0.15, 0.2) is 0 Å². The van der Waals surface area contributed by atoms with E-state index in [1.54, 1.807) is 0 Å². The molecule has 4 nitrogen and oxygen atoms in total. The molecule has 1 aromatic rings. The molecular formula is C20H27NO3. The van der Waals surface area contributed by atoms with E-state index in [4.69, 9.17) is 4.74 Å². The van der Waals surface area contributed by atoms with Gasteiger partial charge in [0.25, 0.3) is 0 Å². The molecule has 24 heavy (non-hydrogen) atoms. The maximum Gasteiger partial charge on any atom is 0.226 e. The van der Waals surface area contributed by atoms with Crippen LogP contribution >= 0.6 is 0 Å². The summed E-state index contributed by atoms with van der Waals surface area (Å²) in [5.74, 6) is 0.538. The molecule has 3 fully saturated rings. The molecular weight excluding hydrogens is 302 g/mol. The van der Waals surface area contributed by atoms with Crippen LogP contribution in [0.2, 0.25) is 0 Å². The van der Waals surface area contributed by atoms with Crippen molar-refractivity contribution in [2.45, 2.75) is 50.7 Å². The van der Waals surface area contributed by atoms with Crippen molar-refractivity contribution < 1.29 is 14.6 Å². The molecule has 2 saturated heterocycles. The number of rotatable bonds is 4. The Labute approximate surface area is 143 Å². The molecule has 3 aliphatic rings. The van der Waals surface area contributed by atoms with Gasteiger partial charge in [-0.15, -0.1) is 0 Å². The molecule has 0 radical (unpaired) electrons. The molecule has 1 N–H and O–H groups in total. The normalized spacial score (nSPS) is 29.6. The van der Waals surface area contributed by atoms with Gasteiger partial charge in [0.05, 0.1) is 6.10 Å². The van der Waals surface area contributed by atoms with Crippen LogP contribution in [0.3, 0.4) is 0 Å². The van der Waals surface area contributed by atoms with Gasteiger partial charge in [0.1, 0.15) is 0 Å². The van der Waals surface area contributed by atoms with E-state index in [0.717, 1.165) is 57.4 Å². The summed E-state index contributed by atoms with van der Waals surface area (Å²) >= 11 is 0. The smallest absolute Gasteiger partial charge is 0.226 e. The van der Waals surface area contributed by atoms with Gasteiger partial charge in [0, 0.05) is 31.7 Å². The number of aliphatic hydroxyl groups is 1. The van der Waals surface area contributed by atoms with Gasteiger partial charge in [-0.05, 0) is 49.5 Å². The van der Waals surface area contributed by atoms with Crippen LogP contribution in [0.25, 0.3) is 0 Å². The maximum absolute atomic E-state index is 13.0. The molecule has 4 heteroatoms. The van der Waals surface area contributed by atoms with E-state index in [1.807, 2.05) is 30.3 Å². The van der Waals surface area contributed by atoms with Gasteiger partial charge >= 0.3 is 0 Å². The Morgan fingerprint density at radius 1 is 1.29 bits per heavy atom. The first-order chi connectivity index (χ1) is 11.7. The Morgan fingerprint density at radius 2 is 2.04 bits per heavy atom. The zero-order valence-corrected chi connectivity index (χ0v) is 14.2. The Morgan fingerprint density at radius 3 is 2.79 bits per heavy atom. The summed E-state index contributed by atoms with van der Waals surface area (Å²) in [6.07, 6.45) is 5.35. The fourth-order valence-electron chi connectivity index (χ4n) is 4.67. The number of benzene rings is 1. The predicted molar refractivity (Wildman–Crippen MR) is 91.3 cm³/mol. The zero-order valence-electron chi connectivity index (χ0n) is 14.2. The van der Waals surface area contributed by atoms with Crippen LogP contribution in [0.5, 0.6) is 0 Å². The summed E-state index contributed by atoms with van der Waals surface area (Å²) in [6, 6.07) is 9.98. The minimum Gasteiger partial charge on any atom is -0.388 e. The fraction of sp³-hybridized carbons (Fsp3) is 0.650. The lowest BCUT2D eigenvalue weighted by molar-refractivity contribution is -0.135. The highest BCUT2D eigenvalue weighted by Gasteiger charge is 2.59. The lowest BCUT2D eigenvalue weighted by Crippen LogP contribution is -2.39. The van der Waals surface area contributed by atoms with Crippen molar-refractivity contribution in [2.75, 3.05) is 19.8 Å². The van der Waals surface area contributed by atoms with Gasteiger partial charge in [-0.3, -0.25) is 4.79 Å². The quantitative estimate of drug-likeness (QED) is 0.924. The molecule has 3 unspecified atom stereocenters. The van der Waals surface area contributed by atoms with Crippen molar-refractivity contribution in [3.8, 4) is 0 Å². The van der Waals surface area contributed by atoms with Crippen molar-refractivity contribution in [1.29, 1.82) is 0 Å². The average molecular weight is 329 g/mol. The van der Waals surface area contributed by atoms with Crippen LogP contribution in [0.15, 0.2) is 30.3 Å². The first-order valence-corrected chi connectivity index (χ1v) is 9.31. The Kier molecular flexibility index (Phi) is 4.35. The highest BCUT2D eigenvalue weighted by atomic mass is 16.5. The summed E-state index contributed by atoms with van der Waals surface area (Å²) in [5.41, 5.74) is 1.18. The molecule has 130 valence electrons. The minimum absolute atomic E-state index is 0.185. The van der Waals surface area contributed by atoms with E-state index in [1.165, 1.54) is 0 Å². The van der Waals surface area contributed by atoms with E-state index < -0.39 is 6.10 Å². The molecule has 2 heterocycles. The Bertz CT molecular complexity index is 582. The number of ether oxygens (including phenoxy) is 1. The molecule has 1 aliphatic carbocycles. The lowest BCUT2D eigenvalue weighted by atomic mass is 9.93. The highest BCUT2D eigenvalue weighted by Crippen LogP contribution is 2.60. The summed E-state index contributed by atoms with van der Waals surface area (Å²) in [7, 11) is 0. The number of hydrogen-bond acceptors (Lipinski definition) is 3. The van der Waals surface area contributed by atoms with Crippen molar-refractivity contribution in [3.63, 3.8) is 0 Å². The third-order valence-electron chi connectivity index (χ3n) is 6.32. The van der Waals surface area contributed by atoms with Crippen LogP contribution < -0.4 is 0 Å². The molecule has 0 aromatic heterocycles. The van der Waals surface area contributed by atoms with Gasteiger partial charge < -0.3 is 14.7 Å². The van der Waals surface area contributed by atoms with Gasteiger partial charge in [-0.25, -0.2) is 0 Å². The molecule has 1 spiro atoms. The van der Waals surface area contributed by atoms with E-state index in [0.29, 0.717) is 12.3 Å². The number of carbonyl (C=O) groups is 1. The largest absolute Gasteiger partial charge is 0.388 e. The fourth-order valence-corrected chi connectivity index (χ4v) is 4.67. The summed E-state index contributed by atoms with van der Waals surface area (Å²) < 4.78 is 5.46. The van der Waals surface area contributed by atoms with Crippen LogP contribution in [0, 0.1) is 11.3 Å². The van der Waals surface area contributed by atoms with Crippen molar-refractivity contribution in [1.82, 2.24) is 4.90 Å². The summed E-state index contributed by atoms with van der Waals surface area (Å²) in [6.45, 7) is 2.47. The number of nitrogens with zero attached hydrogens (tertiary/aromatic N) is 1.